The predicted molar refractivity (Wildman–Crippen MR) is 142 cm³/mol. The summed E-state index contributed by atoms with van der Waals surface area (Å²) in [5.41, 5.74) is 2.22. The number of fused-ring (bicyclic) bond motifs is 2. The number of carbonyl (C=O) groups is 5. The van der Waals surface area contributed by atoms with Crippen molar-refractivity contribution in [2.24, 2.45) is 11.8 Å². The average molecular weight is 538 g/mol. The maximum Gasteiger partial charge on any atom is 0.408 e. The normalized spacial score (nSPS) is 16.7. The predicted octanol–water partition coefficient (Wildman–Crippen LogP) is 1.40. The van der Waals surface area contributed by atoms with Crippen molar-refractivity contribution in [1.82, 2.24) is 26.3 Å². The van der Waals surface area contributed by atoms with Crippen LogP contribution in [0, 0.1) is 11.8 Å². The van der Waals surface area contributed by atoms with Gasteiger partial charge in [0, 0.05) is 25.4 Å². The van der Waals surface area contributed by atoms with Crippen molar-refractivity contribution in [2.45, 2.75) is 65.4 Å². The zero-order valence-corrected chi connectivity index (χ0v) is 22.5. The molecule has 1 aliphatic heterocycles. The van der Waals surface area contributed by atoms with Gasteiger partial charge >= 0.3 is 6.09 Å². The lowest BCUT2D eigenvalue weighted by atomic mass is 9.98. The van der Waals surface area contributed by atoms with Gasteiger partial charge < -0.3 is 26.0 Å². The van der Waals surface area contributed by atoms with Gasteiger partial charge in [0.25, 0.3) is 5.91 Å². The summed E-state index contributed by atoms with van der Waals surface area (Å²) in [6.45, 7) is 7.17. The molecular weight excluding hydrogens is 502 g/mol. The van der Waals surface area contributed by atoms with Crippen molar-refractivity contribution in [2.75, 3.05) is 0 Å². The number of benzene rings is 1. The Bertz CT molecular complexity index is 1200. The first-order valence-electron chi connectivity index (χ1n) is 12.9. The molecule has 11 nitrogen and oxygen atoms in total. The Morgan fingerprint density at radius 1 is 0.949 bits per heavy atom. The lowest BCUT2D eigenvalue weighted by Crippen LogP contribution is -2.59. The first kappa shape index (κ1) is 29.3. The first-order valence-corrected chi connectivity index (χ1v) is 12.9. The summed E-state index contributed by atoms with van der Waals surface area (Å²) in [4.78, 5) is 68.2. The standard InChI is InChI=1S/C28H35N5O6/c1-16(2)22(25(35)31-21-11-19-10-20(13-29-12-19)14-30-27(37)24(21)34)32-26(36)23(17(3)4)33-28(38)39-15-18-8-6-5-7-9-18/h5-10,12-13,16-17,21-23H,11,14-15H2,1-4H3,(H,30,37)(H,31,35)(H,32,36)(H,33,38). The molecule has 0 aliphatic carbocycles. The molecule has 0 spiro atoms. The van der Waals surface area contributed by atoms with Gasteiger partial charge in [-0.05, 0) is 28.5 Å². The van der Waals surface area contributed by atoms with E-state index in [1.165, 1.54) is 0 Å². The van der Waals surface area contributed by atoms with E-state index in [1.807, 2.05) is 36.4 Å². The van der Waals surface area contributed by atoms with Crippen LogP contribution >= 0.6 is 0 Å². The molecular formula is C28H35N5O6. The molecule has 2 aromatic rings. The van der Waals surface area contributed by atoms with E-state index in [0.29, 0.717) is 5.56 Å². The SMILES string of the molecule is CC(C)C(NC(=O)OCc1ccccc1)C(=O)NC(C(=O)NC1Cc2cncc(c2)CNC(=O)C1=O)C(C)C. The number of nitrogens with one attached hydrogen (secondary N) is 4. The third-order valence-electron chi connectivity index (χ3n) is 6.28. The average Bonchev–Trinajstić information content (AvgIpc) is 2.94. The van der Waals surface area contributed by atoms with Crippen LogP contribution in [0.15, 0.2) is 48.8 Å². The minimum absolute atomic E-state index is 0.0392. The smallest absolute Gasteiger partial charge is 0.408 e. The summed E-state index contributed by atoms with van der Waals surface area (Å²) in [5, 5.41) is 10.4. The zero-order valence-electron chi connectivity index (χ0n) is 22.5. The molecule has 3 rings (SSSR count). The molecule has 0 radical (unpaired) electrons. The topological polar surface area (TPSA) is 156 Å². The summed E-state index contributed by atoms with van der Waals surface area (Å²) >= 11 is 0. The molecule has 208 valence electrons. The van der Waals surface area contributed by atoms with E-state index in [2.05, 4.69) is 26.3 Å². The maximum absolute atomic E-state index is 13.3. The molecule has 39 heavy (non-hydrogen) atoms. The second-order valence-corrected chi connectivity index (χ2v) is 10.2. The van der Waals surface area contributed by atoms with E-state index in [9.17, 15) is 24.0 Å². The fourth-order valence-corrected chi connectivity index (χ4v) is 4.09. The highest BCUT2D eigenvalue weighted by atomic mass is 16.5. The van der Waals surface area contributed by atoms with Crippen LogP contribution in [0.5, 0.6) is 0 Å². The van der Waals surface area contributed by atoms with Gasteiger partial charge in [0.15, 0.2) is 0 Å². The molecule has 3 unspecified atom stereocenters. The summed E-state index contributed by atoms with van der Waals surface area (Å²) in [6, 6.07) is 7.77. The van der Waals surface area contributed by atoms with Crippen LogP contribution in [-0.4, -0.2) is 52.7 Å². The second kappa shape index (κ2) is 13.5. The summed E-state index contributed by atoms with van der Waals surface area (Å²) < 4.78 is 5.24. The summed E-state index contributed by atoms with van der Waals surface area (Å²) in [5.74, 6) is -3.48. The molecule has 3 atom stereocenters. The van der Waals surface area contributed by atoms with Crippen molar-refractivity contribution >= 4 is 29.6 Å². The number of amides is 4. The number of hydrogen-bond acceptors (Lipinski definition) is 7. The van der Waals surface area contributed by atoms with E-state index in [0.717, 1.165) is 11.1 Å². The van der Waals surface area contributed by atoms with Gasteiger partial charge in [-0.25, -0.2) is 4.79 Å². The number of nitrogens with zero attached hydrogens (tertiary/aromatic N) is 1. The fraction of sp³-hybridized carbons (Fsp3) is 0.429. The number of ketones is 1. The van der Waals surface area contributed by atoms with E-state index in [-0.39, 0.29) is 31.4 Å². The quantitative estimate of drug-likeness (QED) is 0.352. The van der Waals surface area contributed by atoms with Crippen molar-refractivity contribution in [3.8, 4) is 0 Å². The number of Topliss-reactive ketones (excluding diaryl/α,β-unsaturated/α-hetero) is 1. The Morgan fingerprint density at radius 2 is 1.59 bits per heavy atom. The summed E-state index contributed by atoms with van der Waals surface area (Å²) in [7, 11) is 0. The number of ether oxygens (including phenoxy) is 1. The van der Waals surface area contributed by atoms with Gasteiger partial charge in [0.1, 0.15) is 24.7 Å². The zero-order chi connectivity index (χ0) is 28.5. The molecule has 2 heterocycles. The Balaban J connectivity index is 1.67. The molecule has 0 saturated carbocycles. The Morgan fingerprint density at radius 3 is 2.26 bits per heavy atom. The number of aromatic nitrogens is 1. The Hall–Kier alpha value is -4.28. The highest BCUT2D eigenvalue weighted by Crippen LogP contribution is 2.12. The fourth-order valence-electron chi connectivity index (χ4n) is 4.09. The number of carbonyl (C=O) groups excluding carboxylic acids is 5. The van der Waals surface area contributed by atoms with E-state index < -0.39 is 47.7 Å². The van der Waals surface area contributed by atoms with Gasteiger partial charge in [0.05, 0.1) is 0 Å². The van der Waals surface area contributed by atoms with Crippen molar-refractivity contribution in [1.29, 1.82) is 0 Å². The van der Waals surface area contributed by atoms with Crippen LogP contribution in [0.25, 0.3) is 0 Å². The van der Waals surface area contributed by atoms with Crippen molar-refractivity contribution < 1.29 is 28.7 Å². The van der Waals surface area contributed by atoms with Crippen LogP contribution in [-0.2, 0) is 43.5 Å². The van der Waals surface area contributed by atoms with E-state index in [1.54, 1.807) is 40.1 Å². The van der Waals surface area contributed by atoms with Crippen molar-refractivity contribution in [3.63, 3.8) is 0 Å². The largest absolute Gasteiger partial charge is 0.445 e. The van der Waals surface area contributed by atoms with Crippen LogP contribution in [0.3, 0.4) is 0 Å². The van der Waals surface area contributed by atoms with Crippen LogP contribution < -0.4 is 21.3 Å². The third kappa shape index (κ3) is 8.36. The molecule has 1 aliphatic rings. The lowest BCUT2D eigenvalue weighted by Gasteiger charge is -2.28. The van der Waals surface area contributed by atoms with Gasteiger partial charge in [-0.3, -0.25) is 24.2 Å². The monoisotopic (exact) mass is 537 g/mol. The molecule has 1 aromatic carbocycles. The molecule has 4 N–H and O–H groups in total. The van der Waals surface area contributed by atoms with Gasteiger partial charge in [0.2, 0.25) is 17.6 Å². The summed E-state index contributed by atoms with van der Waals surface area (Å²) in [6.07, 6.45) is 2.47. The molecule has 4 amide bonds. The Kier molecular flexibility index (Phi) is 10.1. The van der Waals surface area contributed by atoms with Crippen LogP contribution in [0.1, 0.15) is 44.4 Å². The Labute approximate surface area is 227 Å². The number of rotatable bonds is 9. The molecule has 1 aromatic heterocycles. The second-order valence-electron chi connectivity index (χ2n) is 10.2. The molecule has 11 heteroatoms. The highest BCUT2D eigenvalue weighted by Gasteiger charge is 2.34. The molecule has 0 saturated heterocycles. The van der Waals surface area contributed by atoms with Gasteiger partial charge in [-0.2, -0.15) is 0 Å². The number of alkyl carbamates (subject to hydrolysis) is 1. The third-order valence-corrected chi connectivity index (χ3v) is 6.28. The van der Waals surface area contributed by atoms with Crippen LogP contribution in [0.4, 0.5) is 4.79 Å². The first-order chi connectivity index (χ1) is 18.5. The van der Waals surface area contributed by atoms with Gasteiger partial charge in [-0.1, -0.05) is 64.1 Å². The minimum atomic E-state index is -1.14. The molecule has 0 fully saturated rings. The maximum atomic E-state index is 13.3. The van der Waals surface area contributed by atoms with E-state index >= 15 is 0 Å². The highest BCUT2D eigenvalue weighted by molar-refractivity contribution is 6.38. The molecule has 2 bridgehead atoms. The van der Waals surface area contributed by atoms with Gasteiger partial charge in [-0.15, -0.1) is 0 Å². The minimum Gasteiger partial charge on any atom is -0.445 e. The number of pyridine rings is 1. The van der Waals surface area contributed by atoms with E-state index in [4.69, 9.17) is 4.74 Å². The van der Waals surface area contributed by atoms with Crippen LogP contribution in [0.2, 0.25) is 0 Å². The van der Waals surface area contributed by atoms with Crippen molar-refractivity contribution in [3.05, 3.63) is 65.5 Å². The number of hydrogen-bond donors (Lipinski definition) is 4. The lowest BCUT2D eigenvalue weighted by molar-refractivity contribution is -0.140.